The number of para-hydroxylation sites is 2. The first-order chi connectivity index (χ1) is 12.5. The average Bonchev–Trinajstić information content (AvgIpc) is 2.61. The first kappa shape index (κ1) is 19.2. The summed E-state index contributed by atoms with van der Waals surface area (Å²) in [6.45, 7) is 5.37. The minimum Gasteiger partial charge on any atom is -0.483 e. The van der Waals surface area contributed by atoms with Gasteiger partial charge in [0.25, 0.3) is 5.91 Å². The maximum Gasteiger partial charge on any atom is 0.277 e. The van der Waals surface area contributed by atoms with E-state index in [9.17, 15) is 9.59 Å². The van der Waals surface area contributed by atoms with Crippen molar-refractivity contribution in [2.45, 2.75) is 27.2 Å². The van der Waals surface area contributed by atoms with Crippen LogP contribution in [0.5, 0.6) is 5.75 Å². The fourth-order valence-corrected chi connectivity index (χ4v) is 2.23. The topological polar surface area (TPSA) is 79.8 Å². The molecule has 0 spiro atoms. The van der Waals surface area contributed by atoms with Crippen LogP contribution in [0, 0.1) is 13.8 Å². The zero-order valence-electron chi connectivity index (χ0n) is 15.2. The summed E-state index contributed by atoms with van der Waals surface area (Å²) in [5.41, 5.74) is 5.60. The molecule has 26 heavy (non-hydrogen) atoms. The van der Waals surface area contributed by atoms with E-state index in [0.29, 0.717) is 11.5 Å². The fraction of sp³-hybridized carbons (Fsp3) is 0.250. The molecular formula is C20H23N3O3. The van der Waals surface area contributed by atoms with Crippen molar-refractivity contribution in [1.82, 2.24) is 5.43 Å². The molecule has 2 rings (SSSR count). The highest BCUT2D eigenvalue weighted by Gasteiger charge is 2.07. The molecule has 0 unspecified atom stereocenters. The van der Waals surface area contributed by atoms with Gasteiger partial charge in [-0.3, -0.25) is 9.59 Å². The number of hydrazone groups is 1. The molecule has 2 N–H and O–H groups in total. The largest absolute Gasteiger partial charge is 0.483 e. The van der Waals surface area contributed by atoms with Gasteiger partial charge >= 0.3 is 0 Å². The highest BCUT2D eigenvalue weighted by atomic mass is 16.5. The maximum absolute atomic E-state index is 12.0. The van der Waals surface area contributed by atoms with Gasteiger partial charge in [-0.25, -0.2) is 5.43 Å². The highest BCUT2D eigenvalue weighted by molar-refractivity contribution is 6.06. The number of amides is 2. The van der Waals surface area contributed by atoms with Gasteiger partial charge in [0, 0.05) is 11.4 Å². The third-order valence-electron chi connectivity index (χ3n) is 3.66. The van der Waals surface area contributed by atoms with Gasteiger partial charge in [0.1, 0.15) is 5.75 Å². The molecule has 0 aliphatic carbocycles. The molecule has 2 aromatic rings. The van der Waals surface area contributed by atoms with Crippen molar-refractivity contribution in [1.29, 1.82) is 0 Å². The summed E-state index contributed by atoms with van der Waals surface area (Å²) in [5, 5.41) is 6.76. The van der Waals surface area contributed by atoms with Crippen molar-refractivity contribution >= 4 is 23.2 Å². The Morgan fingerprint density at radius 2 is 1.62 bits per heavy atom. The number of nitrogens with one attached hydrogen (secondary N) is 2. The Morgan fingerprint density at radius 3 is 2.31 bits per heavy atom. The van der Waals surface area contributed by atoms with Gasteiger partial charge in [-0.1, -0.05) is 36.4 Å². The number of ether oxygens (including phenoxy) is 1. The van der Waals surface area contributed by atoms with Gasteiger partial charge < -0.3 is 10.1 Å². The van der Waals surface area contributed by atoms with Gasteiger partial charge in [-0.15, -0.1) is 0 Å². The Balaban J connectivity index is 1.78. The quantitative estimate of drug-likeness (QED) is 0.592. The van der Waals surface area contributed by atoms with Gasteiger partial charge in [0.15, 0.2) is 6.61 Å². The molecule has 0 atom stereocenters. The van der Waals surface area contributed by atoms with Crippen molar-refractivity contribution in [2.75, 3.05) is 11.9 Å². The van der Waals surface area contributed by atoms with Crippen molar-refractivity contribution in [3.63, 3.8) is 0 Å². The van der Waals surface area contributed by atoms with E-state index in [-0.39, 0.29) is 24.8 Å². The van der Waals surface area contributed by atoms with Gasteiger partial charge in [0.2, 0.25) is 5.91 Å². The standard InChI is InChI=1S/C20H23N3O3/c1-14-8-4-6-10-17(14)21-19(24)12-16(3)22-23-20(25)13-26-18-11-7-5-9-15(18)2/h4-11H,12-13H2,1-3H3,(H,21,24)(H,23,25)/b22-16+. The Kier molecular flexibility index (Phi) is 6.91. The molecular weight excluding hydrogens is 330 g/mol. The fourth-order valence-electron chi connectivity index (χ4n) is 2.23. The molecule has 6 heteroatoms. The zero-order valence-corrected chi connectivity index (χ0v) is 15.2. The molecule has 0 heterocycles. The lowest BCUT2D eigenvalue weighted by atomic mass is 10.2. The molecule has 0 aliphatic heterocycles. The van der Waals surface area contributed by atoms with Crippen LogP contribution in [0.2, 0.25) is 0 Å². The average molecular weight is 353 g/mol. The molecule has 0 aromatic heterocycles. The Bertz CT molecular complexity index is 815. The summed E-state index contributed by atoms with van der Waals surface area (Å²) in [7, 11) is 0. The number of aryl methyl sites for hydroxylation is 2. The van der Waals surface area contributed by atoms with Crippen molar-refractivity contribution < 1.29 is 14.3 Å². The van der Waals surface area contributed by atoms with E-state index in [4.69, 9.17) is 4.74 Å². The SMILES string of the molecule is C/C(CC(=O)Nc1ccccc1C)=N\NC(=O)COc1ccccc1C. The summed E-state index contributed by atoms with van der Waals surface area (Å²) < 4.78 is 5.44. The van der Waals surface area contributed by atoms with Crippen LogP contribution in [0.15, 0.2) is 53.6 Å². The summed E-state index contributed by atoms with van der Waals surface area (Å²) in [6, 6.07) is 15.0. The predicted molar refractivity (Wildman–Crippen MR) is 102 cm³/mol. The summed E-state index contributed by atoms with van der Waals surface area (Å²) in [5.74, 6) is 0.0823. The number of carbonyl (C=O) groups is 2. The van der Waals surface area contributed by atoms with Crippen LogP contribution < -0.4 is 15.5 Å². The predicted octanol–water partition coefficient (Wildman–Crippen LogP) is 3.20. The van der Waals surface area contributed by atoms with Crippen LogP contribution in [-0.4, -0.2) is 24.1 Å². The number of nitrogens with zero attached hydrogens (tertiary/aromatic N) is 1. The van der Waals surface area contributed by atoms with E-state index in [0.717, 1.165) is 16.8 Å². The lowest BCUT2D eigenvalue weighted by Crippen LogP contribution is -2.26. The van der Waals surface area contributed by atoms with Crippen LogP contribution in [0.3, 0.4) is 0 Å². The first-order valence-electron chi connectivity index (χ1n) is 8.31. The summed E-state index contributed by atoms with van der Waals surface area (Å²) >= 11 is 0. The van der Waals surface area contributed by atoms with E-state index in [1.54, 1.807) is 13.0 Å². The number of hydrogen-bond donors (Lipinski definition) is 2. The summed E-state index contributed by atoms with van der Waals surface area (Å²) in [6.07, 6.45) is 0.0905. The summed E-state index contributed by atoms with van der Waals surface area (Å²) in [4.78, 5) is 23.8. The van der Waals surface area contributed by atoms with Crippen LogP contribution in [0.1, 0.15) is 24.5 Å². The third kappa shape index (κ3) is 6.05. The van der Waals surface area contributed by atoms with E-state index in [2.05, 4.69) is 15.8 Å². The lowest BCUT2D eigenvalue weighted by molar-refractivity contribution is -0.123. The third-order valence-corrected chi connectivity index (χ3v) is 3.66. The maximum atomic E-state index is 12.0. The number of hydrogen-bond acceptors (Lipinski definition) is 4. The van der Waals surface area contributed by atoms with Crippen LogP contribution in [-0.2, 0) is 9.59 Å². The molecule has 2 amide bonds. The van der Waals surface area contributed by atoms with E-state index in [1.165, 1.54) is 0 Å². The molecule has 0 radical (unpaired) electrons. The first-order valence-corrected chi connectivity index (χ1v) is 8.31. The molecule has 0 saturated carbocycles. The minimum atomic E-state index is -0.382. The number of anilines is 1. The second-order valence-electron chi connectivity index (χ2n) is 5.98. The molecule has 0 bridgehead atoms. The highest BCUT2D eigenvalue weighted by Crippen LogP contribution is 2.15. The lowest BCUT2D eigenvalue weighted by Gasteiger charge is -2.09. The van der Waals surface area contributed by atoms with Crippen molar-refractivity contribution in [3.05, 3.63) is 59.7 Å². The van der Waals surface area contributed by atoms with Gasteiger partial charge in [-0.05, 0) is 44.0 Å². The van der Waals surface area contributed by atoms with E-state index >= 15 is 0 Å². The second kappa shape index (κ2) is 9.36. The van der Waals surface area contributed by atoms with Crippen molar-refractivity contribution in [3.8, 4) is 5.75 Å². The monoisotopic (exact) mass is 353 g/mol. The van der Waals surface area contributed by atoms with E-state index < -0.39 is 0 Å². The normalized spacial score (nSPS) is 11.0. The van der Waals surface area contributed by atoms with Gasteiger partial charge in [-0.2, -0.15) is 5.10 Å². The van der Waals surface area contributed by atoms with Crippen molar-refractivity contribution in [2.24, 2.45) is 5.10 Å². The molecule has 0 saturated heterocycles. The Hall–Kier alpha value is -3.15. The molecule has 0 fully saturated rings. The minimum absolute atomic E-state index is 0.0905. The molecule has 2 aromatic carbocycles. The number of carbonyl (C=O) groups excluding carboxylic acids is 2. The zero-order chi connectivity index (χ0) is 18.9. The van der Waals surface area contributed by atoms with Crippen LogP contribution in [0.4, 0.5) is 5.69 Å². The van der Waals surface area contributed by atoms with Crippen LogP contribution in [0.25, 0.3) is 0 Å². The number of benzene rings is 2. The molecule has 0 aliphatic rings. The Morgan fingerprint density at radius 1 is 0.962 bits per heavy atom. The van der Waals surface area contributed by atoms with Crippen LogP contribution >= 0.6 is 0 Å². The van der Waals surface area contributed by atoms with E-state index in [1.807, 2.05) is 56.3 Å². The second-order valence-corrected chi connectivity index (χ2v) is 5.98. The molecule has 6 nitrogen and oxygen atoms in total. The Labute approximate surface area is 153 Å². The number of rotatable bonds is 7. The molecule has 136 valence electrons. The smallest absolute Gasteiger partial charge is 0.277 e. The van der Waals surface area contributed by atoms with Gasteiger partial charge in [0.05, 0.1) is 6.42 Å².